The van der Waals surface area contributed by atoms with Gasteiger partial charge in [0, 0.05) is 12.6 Å². The van der Waals surface area contributed by atoms with Crippen LogP contribution in [0.5, 0.6) is 0 Å². The molecule has 4 heteroatoms. The minimum Gasteiger partial charge on any atom is -0.478 e. The van der Waals surface area contributed by atoms with E-state index in [0.29, 0.717) is 5.56 Å². The van der Waals surface area contributed by atoms with Crippen molar-refractivity contribution in [2.45, 2.75) is 32.7 Å². The van der Waals surface area contributed by atoms with E-state index in [2.05, 4.69) is 11.8 Å². The van der Waals surface area contributed by atoms with Gasteiger partial charge in [-0.05, 0) is 61.2 Å². The van der Waals surface area contributed by atoms with Crippen molar-refractivity contribution in [3.8, 4) is 0 Å². The summed E-state index contributed by atoms with van der Waals surface area (Å²) in [5.41, 5.74) is 1.49. The largest absolute Gasteiger partial charge is 0.478 e. The number of nitrogens with zero attached hydrogens (tertiary/aromatic N) is 1. The molecule has 1 aromatic rings. The van der Waals surface area contributed by atoms with Gasteiger partial charge in [0.2, 0.25) is 0 Å². The molecule has 0 radical (unpaired) electrons. The first kappa shape index (κ1) is 15.7. The molecular weight excluding hydrogens is 269 g/mol. The fourth-order valence-corrected chi connectivity index (χ4v) is 2.84. The lowest BCUT2D eigenvalue weighted by atomic mass is 9.94. The minimum atomic E-state index is -1.03. The molecule has 0 aliphatic carbocycles. The zero-order valence-corrected chi connectivity index (χ0v) is 12.4. The highest BCUT2D eigenvalue weighted by atomic mass is 19.1. The fraction of sp³-hybridized carbons (Fsp3) is 0.471. The molecule has 1 aliphatic heterocycles. The lowest BCUT2D eigenvalue weighted by molar-refractivity contribution is -0.131. The quantitative estimate of drug-likeness (QED) is 0.843. The van der Waals surface area contributed by atoms with E-state index in [4.69, 9.17) is 5.11 Å². The predicted molar refractivity (Wildman–Crippen MR) is 81.4 cm³/mol. The highest BCUT2D eigenvalue weighted by Gasteiger charge is 2.17. The Morgan fingerprint density at radius 1 is 1.38 bits per heavy atom. The number of piperidine rings is 1. The smallest absolute Gasteiger partial charge is 0.328 e. The van der Waals surface area contributed by atoms with E-state index in [1.165, 1.54) is 37.5 Å². The van der Waals surface area contributed by atoms with Crippen LogP contribution in [0.1, 0.15) is 37.3 Å². The summed E-state index contributed by atoms with van der Waals surface area (Å²) >= 11 is 0. The molecule has 0 saturated carbocycles. The van der Waals surface area contributed by atoms with E-state index < -0.39 is 5.97 Å². The maximum Gasteiger partial charge on any atom is 0.328 e. The van der Waals surface area contributed by atoms with Gasteiger partial charge in [0.25, 0.3) is 0 Å². The van der Waals surface area contributed by atoms with E-state index >= 15 is 0 Å². The topological polar surface area (TPSA) is 40.5 Å². The number of carbonyl (C=O) groups is 1. The van der Waals surface area contributed by atoms with E-state index in [0.717, 1.165) is 37.2 Å². The number of halogens is 1. The van der Waals surface area contributed by atoms with E-state index in [1.807, 2.05) is 6.07 Å². The Labute approximate surface area is 125 Å². The van der Waals surface area contributed by atoms with Crippen molar-refractivity contribution in [2.75, 3.05) is 13.1 Å². The normalized spacial score (nSPS) is 17.4. The van der Waals surface area contributed by atoms with Gasteiger partial charge in [-0.1, -0.05) is 19.4 Å². The lowest BCUT2D eigenvalue weighted by Crippen LogP contribution is -2.33. The van der Waals surface area contributed by atoms with Gasteiger partial charge in [-0.15, -0.1) is 0 Å². The molecule has 3 nitrogen and oxygen atoms in total. The van der Waals surface area contributed by atoms with Crippen LogP contribution < -0.4 is 0 Å². The number of hydrogen-bond donors (Lipinski definition) is 1. The molecule has 1 N–H and O–H groups in total. The Morgan fingerprint density at radius 2 is 2.10 bits per heavy atom. The molecule has 1 aromatic carbocycles. The molecule has 0 unspecified atom stereocenters. The summed E-state index contributed by atoms with van der Waals surface area (Å²) in [6.45, 7) is 5.06. The van der Waals surface area contributed by atoms with Crippen LogP contribution in [-0.2, 0) is 11.3 Å². The van der Waals surface area contributed by atoms with Crippen LogP contribution >= 0.6 is 0 Å². The zero-order chi connectivity index (χ0) is 15.2. The van der Waals surface area contributed by atoms with Crippen molar-refractivity contribution in [2.24, 2.45) is 5.92 Å². The van der Waals surface area contributed by atoms with Gasteiger partial charge in [-0.2, -0.15) is 0 Å². The third-order valence-corrected chi connectivity index (χ3v) is 4.09. The molecule has 114 valence electrons. The first-order valence-corrected chi connectivity index (χ1v) is 7.49. The first-order valence-electron chi connectivity index (χ1n) is 7.49. The highest BCUT2D eigenvalue weighted by molar-refractivity contribution is 5.85. The molecule has 1 heterocycles. The van der Waals surface area contributed by atoms with Crippen molar-refractivity contribution in [3.63, 3.8) is 0 Å². The van der Waals surface area contributed by atoms with Crippen molar-refractivity contribution < 1.29 is 14.3 Å². The fourth-order valence-electron chi connectivity index (χ4n) is 2.84. The molecule has 1 saturated heterocycles. The Hall–Kier alpha value is -1.68. The van der Waals surface area contributed by atoms with Gasteiger partial charge in [0.05, 0.1) is 0 Å². The predicted octanol–water partition coefficient (Wildman–Crippen LogP) is 3.55. The van der Waals surface area contributed by atoms with Gasteiger partial charge in [0.1, 0.15) is 5.82 Å². The Balaban J connectivity index is 2.01. The first-order chi connectivity index (χ1) is 10.1. The standard InChI is InChI=1S/C17H22FNO2/c1-2-13-5-7-19(8-6-13)12-15-9-14(3-4-17(20)21)10-16(18)11-15/h3-4,9-11,13H,2,5-8,12H2,1H3,(H,20,21). The van der Waals surface area contributed by atoms with Crippen molar-refractivity contribution in [1.82, 2.24) is 4.90 Å². The van der Waals surface area contributed by atoms with Crippen LogP contribution in [0, 0.1) is 11.7 Å². The summed E-state index contributed by atoms with van der Waals surface area (Å²) in [4.78, 5) is 12.9. The van der Waals surface area contributed by atoms with E-state index in [9.17, 15) is 9.18 Å². The third kappa shape index (κ3) is 4.97. The molecule has 0 bridgehead atoms. The number of rotatable bonds is 5. The van der Waals surface area contributed by atoms with E-state index in [-0.39, 0.29) is 5.82 Å². The average Bonchev–Trinajstić information content (AvgIpc) is 2.45. The van der Waals surface area contributed by atoms with Crippen LogP contribution in [0.2, 0.25) is 0 Å². The van der Waals surface area contributed by atoms with Crippen LogP contribution in [0.4, 0.5) is 4.39 Å². The SMILES string of the molecule is CCC1CCN(Cc2cc(F)cc(C=CC(=O)O)c2)CC1. The molecule has 2 rings (SSSR count). The zero-order valence-electron chi connectivity index (χ0n) is 12.4. The lowest BCUT2D eigenvalue weighted by Gasteiger charge is -2.31. The maximum atomic E-state index is 13.6. The second-order valence-electron chi connectivity index (χ2n) is 5.69. The highest BCUT2D eigenvalue weighted by Crippen LogP contribution is 2.22. The number of carboxylic acids is 1. The molecule has 0 atom stereocenters. The summed E-state index contributed by atoms with van der Waals surface area (Å²) in [6.07, 6.45) is 6.11. The number of carboxylic acid groups (broad SMARTS) is 1. The monoisotopic (exact) mass is 291 g/mol. The van der Waals surface area contributed by atoms with Gasteiger partial charge in [-0.3, -0.25) is 4.90 Å². The van der Waals surface area contributed by atoms with Crippen LogP contribution in [0.3, 0.4) is 0 Å². The summed E-state index contributed by atoms with van der Waals surface area (Å²) in [7, 11) is 0. The summed E-state index contributed by atoms with van der Waals surface area (Å²) in [5, 5.41) is 8.63. The molecule has 0 spiro atoms. The van der Waals surface area contributed by atoms with Crippen molar-refractivity contribution >= 4 is 12.0 Å². The third-order valence-electron chi connectivity index (χ3n) is 4.09. The number of benzene rings is 1. The Bertz CT molecular complexity index is 520. The molecular formula is C17H22FNO2. The van der Waals surface area contributed by atoms with Crippen LogP contribution in [0.15, 0.2) is 24.3 Å². The maximum absolute atomic E-state index is 13.6. The summed E-state index contributed by atoms with van der Waals surface area (Å²) in [5.74, 6) is -0.522. The molecule has 1 aliphatic rings. The van der Waals surface area contributed by atoms with E-state index in [1.54, 1.807) is 0 Å². The number of aliphatic carboxylic acids is 1. The number of hydrogen-bond acceptors (Lipinski definition) is 2. The summed E-state index contributed by atoms with van der Waals surface area (Å²) in [6, 6.07) is 4.74. The van der Waals surface area contributed by atoms with Crippen LogP contribution in [-0.4, -0.2) is 29.1 Å². The van der Waals surface area contributed by atoms with Gasteiger partial charge < -0.3 is 5.11 Å². The Kier molecular flexibility index (Phi) is 5.51. The second-order valence-corrected chi connectivity index (χ2v) is 5.69. The molecule has 0 amide bonds. The second kappa shape index (κ2) is 7.36. The number of likely N-dealkylation sites (tertiary alicyclic amines) is 1. The van der Waals surface area contributed by atoms with Gasteiger partial charge >= 0.3 is 5.97 Å². The van der Waals surface area contributed by atoms with Crippen molar-refractivity contribution in [3.05, 3.63) is 41.2 Å². The van der Waals surface area contributed by atoms with Crippen LogP contribution in [0.25, 0.3) is 6.08 Å². The Morgan fingerprint density at radius 3 is 2.71 bits per heavy atom. The molecule has 1 fully saturated rings. The minimum absolute atomic E-state index is 0.319. The molecule has 0 aromatic heterocycles. The summed E-state index contributed by atoms with van der Waals surface area (Å²) < 4.78 is 13.6. The van der Waals surface area contributed by atoms with Gasteiger partial charge in [-0.25, -0.2) is 9.18 Å². The average molecular weight is 291 g/mol. The van der Waals surface area contributed by atoms with Gasteiger partial charge in [0.15, 0.2) is 0 Å². The molecule has 21 heavy (non-hydrogen) atoms. The van der Waals surface area contributed by atoms with Crippen molar-refractivity contribution in [1.29, 1.82) is 0 Å².